The molecular weight excluding hydrogens is 536 g/mol. The molecule has 5 rings (SSSR count). The summed E-state index contributed by atoms with van der Waals surface area (Å²) in [4.78, 5) is 15.6. The number of carbonyl (C=O) groups excluding carboxylic acids is 1. The fourth-order valence-electron chi connectivity index (χ4n) is 5.84. The number of hydrogen-bond donors (Lipinski definition) is 3. The van der Waals surface area contributed by atoms with Crippen molar-refractivity contribution in [1.82, 2.24) is 15.5 Å². The van der Waals surface area contributed by atoms with Crippen LogP contribution in [0.15, 0.2) is 83.8 Å². The Kier molecular flexibility index (Phi) is 9.92. The van der Waals surface area contributed by atoms with E-state index in [9.17, 15) is 13.2 Å². The predicted octanol–water partition coefficient (Wildman–Crippen LogP) is 5.40. The number of nitrogens with zero attached hydrogens (tertiary/aromatic N) is 1. The van der Waals surface area contributed by atoms with Crippen LogP contribution < -0.4 is 20.1 Å². The Labute approximate surface area is 243 Å². The molecule has 1 unspecified atom stereocenters. The second kappa shape index (κ2) is 14.0. The van der Waals surface area contributed by atoms with E-state index in [1.165, 1.54) is 50.8 Å². The summed E-state index contributed by atoms with van der Waals surface area (Å²) in [5.41, 5.74) is 0.764. The van der Waals surface area contributed by atoms with Gasteiger partial charge in [0.15, 0.2) is 5.75 Å². The molecule has 218 valence electrons. The molecule has 0 aromatic heterocycles. The van der Waals surface area contributed by atoms with Gasteiger partial charge in [0.2, 0.25) is 0 Å². The first-order chi connectivity index (χ1) is 20.0. The average molecular weight is 577 g/mol. The zero-order valence-corrected chi connectivity index (χ0v) is 24.2. The summed E-state index contributed by atoms with van der Waals surface area (Å²) in [6.07, 6.45) is 8.28. The first-order valence-corrected chi connectivity index (χ1v) is 16.2. The van der Waals surface area contributed by atoms with Crippen molar-refractivity contribution in [2.45, 2.75) is 61.9 Å². The molecular formula is C32H40N4O4S. The van der Waals surface area contributed by atoms with E-state index < -0.39 is 10.0 Å². The topological polar surface area (TPSA) is 99.8 Å². The van der Waals surface area contributed by atoms with Crippen molar-refractivity contribution < 1.29 is 17.9 Å². The van der Waals surface area contributed by atoms with E-state index in [2.05, 4.69) is 20.3 Å². The van der Waals surface area contributed by atoms with Crippen molar-refractivity contribution in [1.29, 1.82) is 0 Å². The van der Waals surface area contributed by atoms with Gasteiger partial charge >= 0.3 is 0 Å². The third-order valence-electron chi connectivity index (χ3n) is 7.98. The normalized spacial score (nSPS) is 18.5. The van der Waals surface area contributed by atoms with Crippen LogP contribution in [0.2, 0.25) is 0 Å². The van der Waals surface area contributed by atoms with E-state index in [1.54, 1.807) is 48.5 Å². The third kappa shape index (κ3) is 7.87. The van der Waals surface area contributed by atoms with Gasteiger partial charge in [0.25, 0.3) is 15.9 Å². The van der Waals surface area contributed by atoms with Gasteiger partial charge < -0.3 is 15.4 Å². The van der Waals surface area contributed by atoms with Crippen molar-refractivity contribution in [2.24, 2.45) is 0 Å². The molecule has 2 aliphatic heterocycles. The molecule has 0 radical (unpaired) electrons. The molecule has 3 aromatic carbocycles. The number of anilines is 1. The summed E-state index contributed by atoms with van der Waals surface area (Å²) in [6.45, 7) is 4.01. The molecule has 3 N–H and O–H groups in total. The van der Waals surface area contributed by atoms with Gasteiger partial charge in [-0.3, -0.25) is 14.4 Å². The lowest BCUT2D eigenvalue weighted by molar-refractivity contribution is 0.0699. The minimum absolute atomic E-state index is 0.0684. The number of nitrogens with one attached hydrogen (secondary N) is 3. The van der Waals surface area contributed by atoms with Gasteiger partial charge in [-0.15, -0.1) is 0 Å². The van der Waals surface area contributed by atoms with Gasteiger partial charge in [-0.2, -0.15) is 0 Å². The van der Waals surface area contributed by atoms with Crippen LogP contribution in [-0.4, -0.2) is 57.5 Å². The Morgan fingerprint density at radius 3 is 2.41 bits per heavy atom. The van der Waals surface area contributed by atoms with Crippen LogP contribution in [0.5, 0.6) is 11.5 Å². The number of amides is 1. The van der Waals surface area contributed by atoms with Crippen LogP contribution in [0.1, 0.15) is 55.3 Å². The number of piperidine rings is 2. The third-order valence-corrected chi connectivity index (χ3v) is 9.36. The molecule has 2 saturated heterocycles. The fraction of sp³-hybridized carbons (Fsp3) is 0.406. The number of para-hydroxylation sites is 3. The zero-order valence-electron chi connectivity index (χ0n) is 23.4. The van der Waals surface area contributed by atoms with E-state index in [0.717, 1.165) is 25.9 Å². The quantitative estimate of drug-likeness (QED) is 0.265. The number of carbonyl (C=O) groups is 1. The molecule has 1 amide bonds. The highest BCUT2D eigenvalue weighted by atomic mass is 32.2. The second-order valence-electron chi connectivity index (χ2n) is 10.8. The molecule has 0 saturated carbocycles. The Bertz CT molecular complexity index is 1380. The van der Waals surface area contributed by atoms with Gasteiger partial charge in [-0.25, -0.2) is 8.42 Å². The molecule has 2 aliphatic rings. The summed E-state index contributed by atoms with van der Waals surface area (Å²) in [5, 5.41) is 6.48. The smallest absolute Gasteiger partial charge is 0.262 e. The van der Waals surface area contributed by atoms with Gasteiger partial charge in [0.05, 0.1) is 10.6 Å². The molecule has 2 fully saturated rings. The maximum absolute atomic E-state index is 13.1. The lowest BCUT2D eigenvalue weighted by atomic mass is 9.93. The standard InChI is InChI=1S/C32H40N4O4S/c37-32(34-21-8-10-26-9-6-7-24-36(26)27-19-22-33-23-20-27)25-15-17-29(18-16-25)41(38,39)35-30-13-4-5-14-31(30)40-28-11-2-1-3-12-28/h1-5,11-18,26-27,33,35H,6-10,19-24H2,(H,34,37). The molecule has 9 heteroatoms. The van der Waals surface area contributed by atoms with Gasteiger partial charge in [0.1, 0.15) is 5.75 Å². The van der Waals surface area contributed by atoms with Crippen LogP contribution >= 0.6 is 0 Å². The number of benzene rings is 3. The SMILES string of the molecule is O=C(NCCCC1CCCCN1C1CCNCC1)c1ccc(S(=O)(=O)Nc2ccccc2Oc2ccccc2)cc1. The molecule has 0 aliphatic carbocycles. The van der Waals surface area contributed by atoms with Crippen LogP contribution in [0, 0.1) is 0 Å². The zero-order chi connectivity index (χ0) is 28.5. The Hall–Kier alpha value is -3.40. The van der Waals surface area contributed by atoms with Crippen LogP contribution in [0.4, 0.5) is 5.69 Å². The molecule has 41 heavy (non-hydrogen) atoms. The summed E-state index contributed by atoms with van der Waals surface area (Å²) in [5.74, 6) is 0.806. The molecule has 8 nitrogen and oxygen atoms in total. The summed E-state index contributed by atoms with van der Waals surface area (Å²) >= 11 is 0. The molecule has 0 bridgehead atoms. The van der Waals surface area contributed by atoms with Crippen LogP contribution in [0.3, 0.4) is 0 Å². The average Bonchev–Trinajstić information content (AvgIpc) is 3.01. The lowest BCUT2D eigenvalue weighted by Crippen LogP contribution is -2.50. The summed E-state index contributed by atoms with van der Waals surface area (Å²) in [7, 11) is -3.89. The van der Waals surface area contributed by atoms with E-state index >= 15 is 0 Å². The van der Waals surface area contributed by atoms with E-state index in [1.807, 2.05) is 18.2 Å². The minimum Gasteiger partial charge on any atom is -0.455 e. The Balaban J connectivity index is 1.13. The number of likely N-dealkylation sites (tertiary alicyclic amines) is 1. The highest BCUT2D eigenvalue weighted by Gasteiger charge is 2.29. The van der Waals surface area contributed by atoms with Crippen molar-refractivity contribution in [3.05, 3.63) is 84.4 Å². The molecule has 2 heterocycles. The predicted molar refractivity (Wildman–Crippen MR) is 162 cm³/mol. The Morgan fingerprint density at radius 2 is 1.63 bits per heavy atom. The lowest BCUT2D eigenvalue weighted by Gasteiger charge is -2.43. The summed E-state index contributed by atoms with van der Waals surface area (Å²) < 4.78 is 34.7. The molecule has 3 aromatic rings. The first kappa shape index (κ1) is 29.1. The van der Waals surface area contributed by atoms with Gasteiger partial charge in [-0.05, 0) is 107 Å². The van der Waals surface area contributed by atoms with E-state index in [4.69, 9.17) is 4.74 Å². The minimum atomic E-state index is -3.89. The fourth-order valence-corrected chi connectivity index (χ4v) is 6.91. The maximum atomic E-state index is 13.1. The second-order valence-corrected chi connectivity index (χ2v) is 12.5. The highest BCUT2D eigenvalue weighted by molar-refractivity contribution is 7.92. The molecule has 0 spiro atoms. The van der Waals surface area contributed by atoms with E-state index in [0.29, 0.717) is 41.4 Å². The number of rotatable bonds is 11. The van der Waals surface area contributed by atoms with Gasteiger partial charge in [-0.1, -0.05) is 36.8 Å². The largest absolute Gasteiger partial charge is 0.455 e. The van der Waals surface area contributed by atoms with Crippen molar-refractivity contribution in [3.63, 3.8) is 0 Å². The number of hydrogen-bond acceptors (Lipinski definition) is 6. The maximum Gasteiger partial charge on any atom is 0.262 e. The first-order valence-electron chi connectivity index (χ1n) is 14.7. The van der Waals surface area contributed by atoms with Crippen molar-refractivity contribution in [3.8, 4) is 11.5 Å². The summed E-state index contributed by atoms with van der Waals surface area (Å²) in [6, 6.07) is 23.4. The van der Waals surface area contributed by atoms with Gasteiger partial charge in [0, 0.05) is 24.2 Å². The van der Waals surface area contributed by atoms with Crippen molar-refractivity contribution >= 4 is 21.6 Å². The molecule has 1 atom stereocenters. The number of ether oxygens (including phenoxy) is 1. The van der Waals surface area contributed by atoms with Crippen molar-refractivity contribution in [2.75, 3.05) is 30.9 Å². The highest BCUT2D eigenvalue weighted by Crippen LogP contribution is 2.31. The Morgan fingerprint density at radius 1 is 0.902 bits per heavy atom. The van der Waals surface area contributed by atoms with E-state index in [-0.39, 0.29) is 10.8 Å². The van der Waals surface area contributed by atoms with Crippen LogP contribution in [-0.2, 0) is 10.0 Å². The number of sulfonamides is 1. The van der Waals surface area contributed by atoms with Crippen LogP contribution in [0.25, 0.3) is 0 Å². The monoisotopic (exact) mass is 576 g/mol.